The number of rotatable bonds is 2. The fourth-order valence-electron chi connectivity index (χ4n) is 5.35. The molecular formula is C34H84Si3Ta2-4. The van der Waals surface area contributed by atoms with Crippen molar-refractivity contribution in [1.82, 2.24) is 0 Å². The fraction of sp³-hybridized carbons (Fsp3) is 0.882. The monoisotopic (exact) mass is 938 g/mol. The van der Waals surface area contributed by atoms with E-state index in [9.17, 15) is 0 Å². The van der Waals surface area contributed by atoms with E-state index in [1.165, 1.54) is 116 Å². The van der Waals surface area contributed by atoms with Crippen LogP contribution < -0.4 is 0 Å². The molecule has 0 aliphatic heterocycles. The zero-order valence-corrected chi connectivity index (χ0v) is 43.0. The molecule has 0 amide bonds. The summed E-state index contributed by atoms with van der Waals surface area (Å²) in [6, 6.07) is 0. The van der Waals surface area contributed by atoms with Crippen molar-refractivity contribution in [2.45, 2.75) is 192 Å². The molecule has 4 fully saturated rings. The molecule has 246 valence electrons. The molecule has 4 rings (SSSR count). The van der Waals surface area contributed by atoms with Crippen molar-refractivity contribution in [3.8, 4) is 0 Å². The van der Waals surface area contributed by atoms with Crippen molar-refractivity contribution in [2.75, 3.05) is 0 Å². The molecular weight excluding hydrogens is 855 g/mol. The third-order valence-corrected chi connectivity index (χ3v) is 13.7. The molecule has 4 saturated carbocycles. The van der Waals surface area contributed by atoms with Gasteiger partial charge in [0, 0.05) is 26.4 Å². The van der Waals surface area contributed by atoms with Crippen molar-refractivity contribution in [1.29, 1.82) is 0 Å². The standard InChI is InChI=1S/2C8H18Si.2C5H10.C4H11Si.4CH3.2Ta.5H/c2*1-9(2,3)8-6-4-5-7-8;2*1-2-4-5-3-1;1-4(2,3)5;;;;;;;;;;;/h2*8H,4-7H2,1-3H3;2*1-5H2;5H2,1-3H3;4*1H3;;;;;;;/q;;;;;4*-1;;;;;;;. The van der Waals surface area contributed by atoms with Gasteiger partial charge in [-0.25, -0.2) is 0 Å². The van der Waals surface area contributed by atoms with Gasteiger partial charge < -0.3 is 29.7 Å². The molecule has 0 nitrogen and oxygen atoms in total. The normalized spacial score (nSPS) is 18.3. The predicted molar refractivity (Wildman–Crippen MR) is 198 cm³/mol. The summed E-state index contributed by atoms with van der Waals surface area (Å²) in [6.07, 6.45) is 27.2. The molecule has 39 heavy (non-hydrogen) atoms. The average Bonchev–Trinajstić information content (AvgIpc) is 3.54. The summed E-state index contributed by atoms with van der Waals surface area (Å²) in [6.45, 7) is 21.6. The Morgan fingerprint density at radius 2 is 0.564 bits per heavy atom. The van der Waals surface area contributed by atoms with Crippen molar-refractivity contribution >= 4 is 26.4 Å². The average molecular weight is 939 g/mol. The maximum absolute atomic E-state index is 2.50. The SMILES string of the molecule is C1CCCC1.C1CCCC1.CC(C)(C)[SiH2].C[Si](C)(C)C1CCCC1.C[Si](C)(C)C1CCCC1.[CH3-].[CH3-].[CH3-].[CH3-].[TaH2].[TaH3]. The van der Waals surface area contributed by atoms with Gasteiger partial charge in [-0.1, -0.05) is 181 Å². The van der Waals surface area contributed by atoms with Crippen LogP contribution in [0.2, 0.25) is 55.4 Å². The van der Waals surface area contributed by atoms with Crippen LogP contribution in [0, 0.1) is 29.7 Å². The Bertz CT molecular complexity index is 374. The molecule has 3 radical (unpaired) electrons. The van der Waals surface area contributed by atoms with Crippen molar-refractivity contribution in [3.63, 3.8) is 0 Å². The predicted octanol–water partition coefficient (Wildman–Crippen LogP) is 11.7. The molecule has 4 aliphatic carbocycles. The van der Waals surface area contributed by atoms with Crippen molar-refractivity contribution < 1.29 is 44.8 Å². The van der Waals surface area contributed by atoms with Gasteiger partial charge in [0.05, 0.1) is 0 Å². The third kappa shape index (κ3) is 40.1. The van der Waals surface area contributed by atoms with Crippen LogP contribution in [0.25, 0.3) is 0 Å². The molecule has 0 saturated heterocycles. The molecule has 0 N–H and O–H groups in total. The summed E-state index contributed by atoms with van der Waals surface area (Å²) in [5.74, 6) is 0. The second-order valence-corrected chi connectivity index (χ2v) is 28.0. The summed E-state index contributed by atoms with van der Waals surface area (Å²) >= 11 is 0. The van der Waals surface area contributed by atoms with Gasteiger partial charge in [-0.05, 0) is 11.1 Å². The quantitative estimate of drug-likeness (QED) is 0.191. The van der Waals surface area contributed by atoms with Gasteiger partial charge >= 0.3 is 44.8 Å². The summed E-state index contributed by atoms with van der Waals surface area (Å²) in [5.41, 5.74) is 2.30. The van der Waals surface area contributed by atoms with E-state index in [1.807, 2.05) is 10.2 Å². The van der Waals surface area contributed by atoms with Crippen LogP contribution in [0.15, 0.2) is 0 Å². The van der Waals surface area contributed by atoms with Crippen LogP contribution >= 0.6 is 0 Å². The van der Waals surface area contributed by atoms with Gasteiger partial charge in [0.15, 0.2) is 0 Å². The van der Waals surface area contributed by atoms with Gasteiger partial charge in [0.1, 0.15) is 0 Å². The second kappa shape index (κ2) is 31.6. The Kier molecular flexibility index (Phi) is 46.0. The molecule has 0 atom stereocenters. The molecule has 0 aromatic carbocycles. The Morgan fingerprint density at radius 1 is 0.436 bits per heavy atom. The Labute approximate surface area is 290 Å². The van der Waals surface area contributed by atoms with Gasteiger partial charge in [0.2, 0.25) is 0 Å². The zero-order chi connectivity index (χ0) is 25.4. The van der Waals surface area contributed by atoms with Crippen LogP contribution in [-0.2, 0) is 44.8 Å². The number of hydrogen-bond donors (Lipinski definition) is 0. The first-order valence-corrected chi connectivity index (χ1v) is 22.9. The minimum atomic E-state index is -0.724. The molecule has 0 heterocycles. The summed E-state index contributed by atoms with van der Waals surface area (Å²) < 4.78 is 0. The molecule has 0 spiro atoms. The molecule has 5 heteroatoms. The topological polar surface area (TPSA) is 0 Å². The van der Waals surface area contributed by atoms with Gasteiger partial charge in [0.25, 0.3) is 0 Å². The molecule has 0 aromatic rings. The van der Waals surface area contributed by atoms with Gasteiger partial charge in [-0.2, -0.15) is 0 Å². The maximum atomic E-state index is 2.50. The summed E-state index contributed by atoms with van der Waals surface area (Å²) in [7, 11) is 0.563. The first-order valence-electron chi connectivity index (χ1n) is 15.1. The van der Waals surface area contributed by atoms with Gasteiger partial charge in [-0.3, -0.25) is 0 Å². The molecule has 0 bridgehead atoms. The summed E-state index contributed by atoms with van der Waals surface area (Å²) in [5, 5.41) is 0.528. The Morgan fingerprint density at radius 3 is 0.641 bits per heavy atom. The van der Waals surface area contributed by atoms with Crippen LogP contribution in [-0.4, -0.2) is 26.4 Å². The minimum absolute atomic E-state index is 0. The number of hydrogen-bond acceptors (Lipinski definition) is 0. The van der Waals surface area contributed by atoms with E-state index >= 15 is 0 Å². The van der Waals surface area contributed by atoms with E-state index in [4.69, 9.17) is 0 Å². The molecule has 4 aliphatic rings. The molecule has 0 unspecified atom stereocenters. The second-order valence-electron chi connectivity index (χ2n) is 14.8. The third-order valence-electron chi connectivity index (χ3n) is 7.66. The van der Waals surface area contributed by atoms with E-state index in [0.29, 0.717) is 5.04 Å². The van der Waals surface area contributed by atoms with Crippen LogP contribution in [0.5, 0.6) is 0 Å². The van der Waals surface area contributed by atoms with Crippen LogP contribution in [0.1, 0.15) is 136 Å². The Hall–Kier alpha value is 2.13. The van der Waals surface area contributed by atoms with Crippen molar-refractivity contribution in [3.05, 3.63) is 29.7 Å². The van der Waals surface area contributed by atoms with Gasteiger partial charge in [-0.15, -0.1) is 0 Å². The van der Waals surface area contributed by atoms with E-state index < -0.39 is 16.1 Å². The first-order chi connectivity index (χ1) is 15.2. The van der Waals surface area contributed by atoms with Crippen LogP contribution in [0.3, 0.4) is 0 Å². The van der Waals surface area contributed by atoms with Crippen molar-refractivity contribution in [2.24, 2.45) is 0 Å². The van der Waals surface area contributed by atoms with Crippen LogP contribution in [0.4, 0.5) is 0 Å². The van der Waals surface area contributed by atoms with E-state index in [2.05, 4.69) is 60.1 Å². The van der Waals surface area contributed by atoms with E-state index in [-0.39, 0.29) is 74.5 Å². The van der Waals surface area contributed by atoms with E-state index in [1.54, 1.807) is 0 Å². The summed E-state index contributed by atoms with van der Waals surface area (Å²) in [4.78, 5) is 0. The Balaban J connectivity index is -0.0000000648. The van der Waals surface area contributed by atoms with E-state index in [0.717, 1.165) is 11.1 Å². The fourth-order valence-corrected chi connectivity index (χ4v) is 9.63. The molecule has 0 aromatic heterocycles. The zero-order valence-electron chi connectivity index (χ0n) is 30.4. The first kappa shape index (κ1) is 56.9.